The van der Waals surface area contributed by atoms with E-state index < -0.39 is 22.0 Å². The van der Waals surface area contributed by atoms with Crippen LogP contribution in [0.5, 0.6) is 0 Å². The molecule has 0 aliphatic rings. The van der Waals surface area contributed by atoms with E-state index in [-0.39, 0.29) is 11.5 Å². The lowest BCUT2D eigenvalue weighted by atomic mass is 10.2. The molecular weight excluding hydrogens is 320 g/mol. The zero-order chi connectivity index (χ0) is 17.0. The second kappa shape index (κ2) is 6.93. The first kappa shape index (κ1) is 17.2. The number of aromatic nitrogens is 1. The summed E-state index contributed by atoms with van der Waals surface area (Å²) in [6.45, 7) is 4.91. The standard InChI is InChI=1S/C15H18N2O5S/c1-10-4-6-14(7-5-10)23(19,20)17-12(3)15(18)21-9-13-8-11(2)16-22-13/h4-8,12,17H,9H2,1-3H3/t12-/m0/s1. The van der Waals surface area contributed by atoms with Gasteiger partial charge in [-0.05, 0) is 32.9 Å². The summed E-state index contributed by atoms with van der Waals surface area (Å²) in [5.41, 5.74) is 1.61. The molecule has 8 heteroatoms. The first-order valence-corrected chi connectivity index (χ1v) is 8.44. The van der Waals surface area contributed by atoms with Crippen LogP contribution in [0.25, 0.3) is 0 Å². The number of carbonyl (C=O) groups is 1. The SMILES string of the molecule is Cc1ccc(S(=O)(=O)N[C@@H](C)C(=O)OCc2cc(C)no2)cc1. The Bertz CT molecular complexity index is 780. The van der Waals surface area contributed by atoms with E-state index >= 15 is 0 Å². The Morgan fingerprint density at radius 3 is 2.52 bits per heavy atom. The molecule has 0 unspecified atom stereocenters. The van der Waals surface area contributed by atoms with Crippen molar-refractivity contribution in [1.29, 1.82) is 0 Å². The number of hydrogen-bond donors (Lipinski definition) is 1. The van der Waals surface area contributed by atoms with Crippen molar-refractivity contribution in [3.63, 3.8) is 0 Å². The number of benzene rings is 1. The van der Waals surface area contributed by atoms with Gasteiger partial charge in [-0.1, -0.05) is 22.9 Å². The van der Waals surface area contributed by atoms with Crippen molar-refractivity contribution >= 4 is 16.0 Å². The number of esters is 1. The Morgan fingerprint density at radius 1 is 1.30 bits per heavy atom. The molecular formula is C15H18N2O5S. The van der Waals surface area contributed by atoms with E-state index in [9.17, 15) is 13.2 Å². The Balaban J connectivity index is 1.95. The Kier molecular flexibility index (Phi) is 5.17. The first-order valence-electron chi connectivity index (χ1n) is 6.96. The van der Waals surface area contributed by atoms with Gasteiger partial charge in [0.15, 0.2) is 12.4 Å². The zero-order valence-corrected chi connectivity index (χ0v) is 13.9. The third kappa shape index (κ3) is 4.64. The van der Waals surface area contributed by atoms with Gasteiger partial charge in [-0.15, -0.1) is 0 Å². The second-order valence-electron chi connectivity index (χ2n) is 5.20. The lowest BCUT2D eigenvalue weighted by Crippen LogP contribution is -2.39. The highest BCUT2D eigenvalue weighted by atomic mass is 32.2. The van der Waals surface area contributed by atoms with E-state index in [1.54, 1.807) is 25.1 Å². The predicted octanol–water partition coefficient (Wildman–Crippen LogP) is 1.70. The molecule has 2 rings (SSSR count). The van der Waals surface area contributed by atoms with Crippen molar-refractivity contribution in [3.8, 4) is 0 Å². The number of rotatable bonds is 6. The van der Waals surface area contributed by atoms with Crippen molar-refractivity contribution in [3.05, 3.63) is 47.3 Å². The van der Waals surface area contributed by atoms with E-state index in [2.05, 4.69) is 9.88 Å². The van der Waals surface area contributed by atoms with Gasteiger partial charge in [-0.25, -0.2) is 8.42 Å². The van der Waals surface area contributed by atoms with Crippen LogP contribution < -0.4 is 4.72 Å². The highest BCUT2D eigenvalue weighted by Gasteiger charge is 2.23. The number of carbonyl (C=O) groups excluding carboxylic acids is 1. The highest BCUT2D eigenvalue weighted by molar-refractivity contribution is 7.89. The van der Waals surface area contributed by atoms with Gasteiger partial charge in [0.25, 0.3) is 0 Å². The maximum atomic E-state index is 12.2. The molecule has 0 spiro atoms. The number of hydrogen-bond acceptors (Lipinski definition) is 6. The largest absolute Gasteiger partial charge is 0.456 e. The summed E-state index contributed by atoms with van der Waals surface area (Å²) in [4.78, 5) is 12.0. The Labute approximate surface area is 134 Å². The number of ether oxygens (including phenoxy) is 1. The van der Waals surface area contributed by atoms with Crippen molar-refractivity contribution in [2.75, 3.05) is 0 Å². The minimum atomic E-state index is -3.79. The van der Waals surface area contributed by atoms with Crippen molar-refractivity contribution in [2.24, 2.45) is 0 Å². The zero-order valence-electron chi connectivity index (χ0n) is 13.1. The van der Waals surface area contributed by atoms with E-state index in [1.807, 2.05) is 6.92 Å². The van der Waals surface area contributed by atoms with Crippen LogP contribution in [0, 0.1) is 13.8 Å². The molecule has 0 bridgehead atoms. The van der Waals surface area contributed by atoms with Gasteiger partial charge < -0.3 is 9.26 Å². The van der Waals surface area contributed by atoms with Gasteiger partial charge in [0.05, 0.1) is 10.6 Å². The van der Waals surface area contributed by atoms with Crippen molar-refractivity contribution in [1.82, 2.24) is 9.88 Å². The molecule has 0 radical (unpaired) electrons. The average molecular weight is 338 g/mol. The molecule has 1 N–H and O–H groups in total. The first-order chi connectivity index (χ1) is 10.8. The normalized spacial score (nSPS) is 12.8. The van der Waals surface area contributed by atoms with Gasteiger partial charge in [0, 0.05) is 6.07 Å². The lowest BCUT2D eigenvalue weighted by molar-refractivity contribution is -0.147. The fraction of sp³-hybridized carbons (Fsp3) is 0.333. The van der Waals surface area contributed by atoms with Gasteiger partial charge in [0.2, 0.25) is 10.0 Å². The average Bonchev–Trinajstić information content (AvgIpc) is 2.90. The summed E-state index contributed by atoms with van der Waals surface area (Å²) in [7, 11) is -3.79. The number of sulfonamides is 1. The molecule has 124 valence electrons. The molecule has 1 atom stereocenters. The number of nitrogens with zero attached hydrogens (tertiary/aromatic N) is 1. The number of nitrogens with one attached hydrogen (secondary N) is 1. The molecule has 0 saturated heterocycles. The van der Waals surface area contributed by atoms with Gasteiger partial charge in [-0.2, -0.15) is 4.72 Å². The minimum Gasteiger partial charge on any atom is -0.456 e. The van der Waals surface area contributed by atoms with Gasteiger partial charge >= 0.3 is 5.97 Å². The molecule has 23 heavy (non-hydrogen) atoms. The topological polar surface area (TPSA) is 98.5 Å². The molecule has 0 amide bonds. The summed E-state index contributed by atoms with van der Waals surface area (Å²) in [5.74, 6) is -0.306. The summed E-state index contributed by atoms with van der Waals surface area (Å²) in [5, 5.41) is 3.67. The molecule has 0 aliphatic carbocycles. The third-order valence-electron chi connectivity index (χ3n) is 3.05. The van der Waals surface area contributed by atoms with Gasteiger partial charge in [0.1, 0.15) is 6.04 Å². The number of aryl methyl sites for hydroxylation is 2. The fourth-order valence-corrected chi connectivity index (χ4v) is 3.01. The van der Waals surface area contributed by atoms with Crippen LogP contribution in [0.3, 0.4) is 0 Å². The molecule has 2 aromatic rings. The van der Waals surface area contributed by atoms with Crippen LogP contribution in [0.4, 0.5) is 0 Å². The maximum absolute atomic E-state index is 12.2. The molecule has 7 nitrogen and oxygen atoms in total. The minimum absolute atomic E-state index is 0.0913. The molecule has 0 aliphatic heterocycles. The summed E-state index contributed by atoms with van der Waals surface area (Å²) in [6.07, 6.45) is 0. The Morgan fingerprint density at radius 2 is 1.96 bits per heavy atom. The fourth-order valence-electron chi connectivity index (χ4n) is 1.82. The van der Waals surface area contributed by atoms with Crippen LogP contribution in [-0.2, 0) is 26.2 Å². The van der Waals surface area contributed by atoms with Crippen LogP contribution in [0.1, 0.15) is 23.9 Å². The van der Waals surface area contributed by atoms with Gasteiger partial charge in [-0.3, -0.25) is 4.79 Å². The van der Waals surface area contributed by atoms with Crippen LogP contribution in [0.15, 0.2) is 39.8 Å². The molecule has 0 saturated carbocycles. The summed E-state index contributed by atoms with van der Waals surface area (Å²) in [6, 6.07) is 6.94. The van der Waals surface area contributed by atoms with Crippen molar-refractivity contribution < 1.29 is 22.5 Å². The molecule has 1 aromatic heterocycles. The van der Waals surface area contributed by atoms with E-state index in [1.165, 1.54) is 19.1 Å². The molecule has 1 heterocycles. The second-order valence-corrected chi connectivity index (χ2v) is 6.91. The van der Waals surface area contributed by atoms with E-state index in [0.29, 0.717) is 11.5 Å². The smallest absolute Gasteiger partial charge is 0.324 e. The molecule has 1 aromatic carbocycles. The lowest BCUT2D eigenvalue weighted by Gasteiger charge is -2.13. The summed E-state index contributed by atoms with van der Waals surface area (Å²) >= 11 is 0. The quantitative estimate of drug-likeness (QED) is 0.805. The highest BCUT2D eigenvalue weighted by Crippen LogP contribution is 2.11. The predicted molar refractivity (Wildman–Crippen MR) is 82.0 cm³/mol. The van der Waals surface area contributed by atoms with Crippen LogP contribution in [-0.4, -0.2) is 25.6 Å². The van der Waals surface area contributed by atoms with E-state index in [0.717, 1.165) is 5.56 Å². The third-order valence-corrected chi connectivity index (χ3v) is 4.61. The molecule has 0 fully saturated rings. The summed E-state index contributed by atoms with van der Waals surface area (Å²) < 4.78 is 36.6. The monoisotopic (exact) mass is 338 g/mol. The van der Waals surface area contributed by atoms with Crippen molar-refractivity contribution in [2.45, 2.75) is 38.3 Å². The Hall–Kier alpha value is -2.19. The van der Waals surface area contributed by atoms with Crippen LogP contribution >= 0.6 is 0 Å². The maximum Gasteiger partial charge on any atom is 0.324 e. The van der Waals surface area contributed by atoms with Crippen LogP contribution in [0.2, 0.25) is 0 Å². The van der Waals surface area contributed by atoms with E-state index in [4.69, 9.17) is 9.26 Å².